The van der Waals surface area contributed by atoms with Crippen molar-refractivity contribution < 1.29 is 22.9 Å². The highest BCUT2D eigenvalue weighted by Crippen LogP contribution is 2.24. The predicted octanol–water partition coefficient (Wildman–Crippen LogP) is 2.06. The third kappa shape index (κ3) is 4.08. The average Bonchev–Trinajstić information content (AvgIpc) is 2.73. The van der Waals surface area contributed by atoms with Crippen LogP contribution in [0.2, 0.25) is 0 Å². The minimum atomic E-state index is -3.68. The van der Waals surface area contributed by atoms with Crippen LogP contribution in [-0.2, 0) is 10.0 Å². The highest BCUT2D eigenvalue weighted by Gasteiger charge is 2.31. The molecule has 0 unspecified atom stereocenters. The molecule has 1 heterocycles. The van der Waals surface area contributed by atoms with E-state index in [0.29, 0.717) is 11.3 Å². The number of methoxy groups -OCH3 is 1. The van der Waals surface area contributed by atoms with E-state index in [0.717, 1.165) is 0 Å². The highest BCUT2D eigenvalue weighted by molar-refractivity contribution is 7.89. The number of nitro groups is 1. The standard InChI is InChI=1S/C19H21N3O6S/c1-14-17(4-3-5-18(14)22(24)25)19(23)20-10-12-21(13-11-20)29(26,27)16-8-6-15(28-2)7-9-16/h3-9H,10-13H2,1-2H3. The number of sulfonamides is 1. The third-order valence-electron chi connectivity index (χ3n) is 4.96. The molecule has 154 valence electrons. The molecule has 1 fully saturated rings. The molecule has 3 rings (SSSR count). The van der Waals surface area contributed by atoms with E-state index in [1.807, 2.05) is 0 Å². The predicted molar refractivity (Wildman–Crippen MR) is 105 cm³/mol. The van der Waals surface area contributed by atoms with Gasteiger partial charge in [-0.1, -0.05) is 6.07 Å². The molecule has 1 saturated heterocycles. The first-order valence-electron chi connectivity index (χ1n) is 8.93. The van der Waals surface area contributed by atoms with Gasteiger partial charge >= 0.3 is 0 Å². The molecule has 1 aliphatic rings. The molecular formula is C19H21N3O6S. The van der Waals surface area contributed by atoms with Crippen LogP contribution < -0.4 is 4.74 Å². The zero-order chi connectivity index (χ0) is 21.2. The SMILES string of the molecule is COc1ccc(S(=O)(=O)N2CCN(C(=O)c3cccc([N+](=O)[O-])c3C)CC2)cc1. The van der Waals surface area contributed by atoms with E-state index in [9.17, 15) is 23.3 Å². The van der Waals surface area contributed by atoms with Crippen LogP contribution in [0, 0.1) is 17.0 Å². The molecule has 2 aromatic rings. The maximum atomic E-state index is 12.8. The van der Waals surface area contributed by atoms with Crippen LogP contribution in [0.1, 0.15) is 15.9 Å². The smallest absolute Gasteiger partial charge is 0.273 e. The topological polar surface area (TPSA) is 110 Å². The van der Waals surface area contributed by atoms with Crippen molar-refractivity contribution in [1.29, 1.82) is 0 Å². The summed E-state index contributed by atoms with van der Waals surface area (Å²) in [7, 11) is -2.17. The summed E-state index contributed by atoms with van der Waals surface area (Å²) in [5.74, 6) is 0.222. The van der Waals surface area contributed by atoms with Crippen molar-refractivity contribution >= 4 is 21.6 Å². The molecule has 1 amide bonds. The van der Waals surface area contributed by atoms with Crippen molar-refractivity contribution in [2.75, 3.05) is 33.3 Å². The summed E-state index contributed by atoms with van der Waals surface area (Å²) in [5, 5.41) is 11.1. The lowest BCUT2D eigenvalue weighted by Gasteiger charge is -2.34. The number of nitrogens with zero attached hydrogens (tertiary/aromatic N) is 3. The van der Waals surface area contributed by atoms with E-state index >= 15 is 0 Å². The Morgan fingerprint density at radius 1 is 1.07 bits per heavy atom. The number of rotatable bonds is 5. The highest BCUT2D eigenvalue weighted by atomic mass is 32.2. The molecule has 0 N–H and O–H groups in total. The molecule has 1 aliphatic heterocycles. The molecule has 0 aromatic heterocycles. The van der Waals surface area contributed by atoms with Gasteiger partial charge in [-0.3, -0.25) is 14.9 Å². The summed E-state index contributed by atoms with van der Waals surface area (Å²) < 4.78 is 32.0. The van der Waals surface area contributed by atoms with Crippen LogP contribution in [0.3, 0.4) is 0 Å². The minimum Gasteiger partial charge on any atom is -0.497 e. The van der Waals surface area contributed by atoms with Gasteiger partial charge in [0.05, 0.1) is 16.9 Å². The van der Waals surface area contributed by atoms with Gasteiger partial charge in [0.1, 0.15) is 5.75 Å². The lowest BCUT2D eigenvalue weighted by molar-refractivity contribution is -0.385. The van der Waals surface area contributed by atoms with Gasteiger partial charge in [0.15, 0.2) is 0 Å². The molecule has 0 aliphatic carbocycles. The van der Waals surface area contributed by atoms with Crippen molar-refractivity contribution in [3.8, 4) is 5.75 Å². The van der Waals surface area contributed by atoms with Gasteiger partial charge < -0.3 is 9.64 Å². The van der Waals surface area contributed by atoms with Gasteiger partial charge in [0, 0.05) is 43.4 Å². The molecule has 9 nitrogen and oxygen atoms in total. The molecule has 10 heteroatoms. The second-order valence-corrected chi connectivity index (χ2v) is 8.52. The van der Waals surface area contributed by atoms with Crippen molar-refractivity contribution in [3.63, 3.8) is 0 Å². The average molecular weight is 419 g/mol. The number of ether oxygens (including phenoxy) is 1. The summed E-state index contributed by atoms with van der Waals surface area (Å²) >= 11 is 0. The molecule has 0 radical (unpaired) electrons. The Morgan fingerprint density at radius 2 is 1.69 bits per heavy atom. The number of carbonyl (C=O) groups excluding carboxylic acids is 1. The fourth-order valence-electron chi connectivity index (χ4n) is 3.25. The van der Waals surface area contributed by atoms with Gasteiger partial charge in [-0.2, -0.15) is 4.31 Å². The van der Waals surface area contributed by atoms with Crippen LogP contribution in [0.25, 0.3) is 0 Å². The Hall–Kier alpha value is -2.98. The van der Waals surface area contributed by atoms with Crippen molar-refractivity contribution in [3.05, 3.63) is 63.7 Å². The van der Waals surface area contributed by atoms with Crippen LogP contribution in [0.4, 0.5) is 5.69 Å². The van der Waals surface area contributed by atoms with E-state index < -0.39 is 14.9 Å². The van der Waals surface area contributed by atoms with Crippen molar-refractivity contribution in [2.24, 2.45) is 0 Å². The Kier molecular flexibility index (Phi) is 5.85. The number of amides is 1. The molecule has 0 saturated carbocycles. The van der Waals surface area contributed by atoms with E-state index in [-0.39, 0.29) is 48.2 Å². The van der Waals surface area contributed by atoms with Crippen molar-refractivity contribution in [2.45, 2.75) is 11.8 Å². The first-order valence-corrected chi connectivity index (χ1v) is 10.4. The quantitative estimate of drug-likeness (QED) is 0.542. The maximum absolute atomic E-state index is 12.8. The van der Waals surface area contributed by atoms with Crippen LogP contribution in [0.5, 0.6) is 5.75 Å². The minimum absolute atomic E-state index is 0.114. The van der Waals surface area contributed by atoms with Gasteiger partial charge in [-0.05, 0) is 37.3 Å². The van der Waals surface area contributed by atoms with E-state index in [4.69, 9.17) is 4.74 Å². The number of nitro benzene ring substituents is 1. The summed E-state index contributed by atoms with van der Waals surface area (Å²) in [6.07, 6.45) is 0. The van der Waals surface area contributed by atoms with Crippen LogP contribution >= 0.6 is 0 Å². The van der Waals surface area contributed by atoms with Gasteiger partial charge in [-0.25, -0.2) is 8.42 Å². The number of benzene rings is 2. The van der Waals surface area contributed by atoms with Gasteiger partial charge in [0.2, 0.25) is 10.0 Å². The number of hydrogen-bond acceptors (Lipinski definition) is 6. The summed E-state index contributed by atoms with van der Waals surface area (Å²) in [4.78, 5) is 25.1. The van der Waals surface area contributed by atoms with Gasteiger partial charge in [0.25, 0.3) is 11.6 Å². The molecule has 2 aromatic carbocycles. The zero-order valence-corrected chi connectivity index (χ0v) is 16.9. The second kappa shape index (κ2) is 8.18. The third-order valence-corrected chi connectivity index (χ3v) is 6.87. The lowest BCUT2D eigenvalue weighted by Crippen LogP contribution is -2.50. The second-order valence-electron chi connectivity index (χ2n) is 6.58. The molecule has 0 atom stereocenters. The zero-order valence-electron chi connectivity index (χ0n) is 16.1. The fourth-order valence-corrected chi connectivity index (χ4v) is 4.67. The molecule has 0 spiro atoms. The van der Waals surface area contributed by atoms with Crippen molar-refractivity contribution in [1.82, 2.24) is 9.21 Å². The Bertz CT molecular complexity index is 1030. The van der Waals surface area contributed by atoms with E-state index in [1.54, 1.807) is 18.2 Å². The van der Waals surface area contributed by atoms with Crippen LogP contribution in [0.15, 0.2) is 47.4 Å². The normalized spacial score (nSPS) is 15.2. The monoisotopic (exact) mass is 419 g/mol. The van der Waals surface area contributed by atoms with Crippen LogP contribution in [-0.4, -0.2) is 61.7 Å². The Morgan fingerprint density at radius 3 is 2.24 bits per heavy atom. The fraction of sp³-hybridized carbons (Fsp3) is 0.316. The Labute approximate surface area is 168 Å². The first-order chi connectivity index (χ1) is 13.8. The van der Waals surface area contributed by atoms with Gasteiger partial charge in [-0.15, -0.1) is 0 Å². The molecule has 29 heavy (non-hydrogen) atoms. The summed E-state index contributed by atoms with van der Waals surface area (Å²) in [6, 6.07) is 10.5. The molecule has 0 bridgehead atoms. The number of piperazine rings is 1. The number of hydrogen-bond donors (Lipinski definition) is 0. The van der Waals surface area contributed by atoms with E-state index in [2.05, 4.69) is 0 Å². The van der Waals surface area contributed by atoms with E-state index in [1.165, 1.54) is 47.5 Å². The Balaban J connectivity index is 1.72. The largest absolute Gasteiger partial charge is 0.497 e. The first kappa shape index (κ1) is 20.7. The maximum Gasteiger partial charge on any atom is 0.273 e. The summed E-state index contributed by atoms with van der Waals surface area (Å²) in [5.41, 5.74) is 0.443. The lowest BCUT2D eigenvalue weighted by atomic mass is 10.1. The number of carbonyl (C=O) groups is 1. The summed E-state index contributed by atoms with van der Waals surface area (Å²) in [6.45, 7) is 2.24. The molecular weight excluding hydrogens is 398 g/mol.